The average molecular weight is 320 g/mol. The van der Waals surface area contributed by atoms with E-state index in [1.807, 2.05) is 39.0 Å². The maximum atomic E-state index is 12.4. The third kappa shape index (κ3) is 4.77. The van der Waals surface area contributed by atoms with Gasteiger partial charge in [0.15, 0.2) is 5.60 Å². The molecule has 23 heavy (non-hydrogen) atoms. The Hall–Kier alpha value is -1.43. The molecule has 0 aliphatic carbocycles. The van der Waals surface area contributed by atoms with Crippen molar-refractivity contribution < 1.29 is 14.6 Å². The monoisotopic (exact) mass is 320 g/mol. The molecule has 5 heteroatoms. The first-order valence-electron chi connectivity index (χ1n) is 8.17. The summed E-state index contributed by atoms with van der Waals surface area (Å²) >= 11 is 0. The summed E-state index contributed by atoms with van der Waals surface area (Å²) in [6.07, 6.45) is 1.45. The van der Waals surface area contributed by atoms with Crippen molar-refractivity contribution in [3.05, 3.63) is 35.9 Å². The van der Waals surface area contributed by atoms with Gasteiger partial charge in [-0.25, -0.2) is 4.79 Å². The number of carbonyl (C=O) groups is 1. The third-order valence-electron chi connectivity index (χ3n) is 4.23. The van der Waals surface area contributed by atoms with Gasteiger partial charge in [0.25, 0.3) is 0 Å². The fourth-order valence-electron chi connectivity index (χ4n) is 3.02. The summed E-state index contributed by atoms with van der Waals surface area (Å²) in [6, 6.07) is 10.1. The van der Waals surface area contributed by atoms with Gasteiger partial charge in [0.2, 0.25) is 0 Å². The van der Waals surface area contributed by atoms with Gasteiger partial charge in [-0.1, -0.05) is 30.3 Å². The Labute approximate surface area is 138 Å². The van der Waals surface area contributed by atoms with Gasteiger partial charge in [0, 0.05) is 25.7 Å². The Morgan fingerprint density at radius 2 is 2.04 bits per heavy atom. The molecule has 1 fully saturated rings. The Balaban J connectivity index is 2.12. The Morgan fingerprint density at radius 3 is 2.61 bits per heavy atom. The smallest absolute Gasteiger partial charge is 0.338 e. The van der Waals surface area contributed by atoms with Crippen molar-refractivity contribution in [2.45, 2.75) is 57.3 Å². The molecule has 1 aliphatic heterocycles. The predicted octanol–water partition coefficient (Wildman–Crippen LogP) is 1.68. The van der Waals surface area contributed by atoms with E-state index in [2.05, 4.69) is 17.0 Å². The molecule has 2 unspecified atom stereocenters. The topological polar surface area (TPSA) is 75.8 Å². The molecule has 2 atom stereocenters. The zero-order valence-electron chi connectivity index (χ0n) is 14.3. The SMILES string of the molecule is CC(C)(C)OC(=O)C1(O)CCN(CN)C(Cc2ccccc2)C1. The Morgan fingerprint density at radius 1 is 1.39 bits per heavy atom. The van der Waals surface area contributed by atoms with Crippen LogP contribution in [0.2, 0.25) is 0 Å². The highest BCUT2D eigenvalue weighted by atomic mass is 16.6. The van der Waals surface area contributed by atoms with Crippen molar-refractivity contribution in [3.8, 4) is 0 Å². The Kier molecular flexibility index (Phi) is 5.45. The van der Waals surface area contributed by atoms with Crippen LogP contribution in [-0.2, 0) is 16.0 Å². The summed E-state index contributed by atoms with van der Waals surface area (Å²) in [6.45, 7) is 6.44. The van der Waals surface area contributed by atoms with Gasteiger partial charge in [0.1, 0.15) is 5.60 Å². The van der Waals surface area contributed by atoms with Crippen LogP contribution in [0.5, 0.6) is 0 Å². The summed E-state index contributed by atoms with van der Waals surface area (Å²) in [5.74, 6) is -0.528. The van der Waals surface area contributed by atoms with Crippen LogP contribution >= 0.6 is 0 Å². The number of benzene rings is 1. The fourth-order valence-corrected chi connectivity index (χ4v) is 3.02. The zero-order chi connectivity index (χ0) is 17.1. The second-order valence-corrected chi connectivity index (χ2v) is 7.33. The highest BCUT2D eigenvalue weighted by Crippen LogP contribution is 2.31. The summed E-state index contributed by atoms with van der Waals surface area (Å²) in [5.41, 5.74) is 4.98. The lowest BCUT2D eigenvalue weighted by Gasteiger charge is -2.43. The molecule has 0 saturated carbocycles. The molecule has 1 saturated heterocycles. The maximum Gasteiger partial charge on any atom is 0.338 e. The molecule has 5 nitrogen and oxygen atoms in total. The van der Waals surface area contributed by atoms with Crippen LogP contribution in [0, 0.1) is 0 Å². The van der Waals surface area contributed by atoms with Crippen molar-refractivity contribution in [3.63, 3.8) is 0 Å². The van der Waals surface area contributed by atoms with Gasteiger partial charge >= 0.3 is 5.97 Å². The number of nitrogens with two attached hydrogens (primary N) is 1. The second-order valence-electron chi connectivity index (χ2n) is 7.33. The summed E-state index contributed by atoms with van der Waals surface area (Å²) in [7, 11) is 0. The van der Waals surface area contributed by atoms with Crippen molar-refractivity contribution in [1.29, 1.82) is 0 Å². The number of carbonyl (C=O) groups excluding carboxylic acids is 1. The fraction of sp³-hybridized carbons (Fsp3) is 0.611. The number of likely N-dealkylation sites (tertiary alicyclic amines) is 1. The summed E-state index contributed by atoms with van der Waals surface area (Å²) in [5, 5.41) is 10.8. The molecule has 1 aliphatic rings. The molecule has 0 bridgehead atoms. The highest BCUT2D eigenvalue weighted by molar-refractivity contribution is 5.80. The lowest BCUT2D eigenvalue weighted by Crippen LogP contribution is -2.57. The standard InChI is InChI=1S/C18H28N2O3/c1-17(2,3)23-16(21)18(22)9-10-20(13-19)15(12-18)11-14-7-5-4-6-8-14/h4-8,15,22H,9-13,19H2,1-3H3. The van der Waals surface area contributed by atoms with Crippen molar-refractivity contribution >= 4 is 5.97 Å². The first-order valence-corrected chi connectivity index (χ1v) is 8.17. The quantitative estimate of drug-likeness (QED) is 0.826. The van der Waals surface area contributed by atoms with E-state index < -0.39 is 17.2 Å². The van der Waals surface area contributed by atoms with Gasteiger partial charge < -0.3 is 15.6 Å². The number of esters is 1. The van der Waals surface area contributed by atoms with Crippen LogP contribution in [0.15, 0.2) is 30.3 Å². The maximum absolute atomic E-state index is 12.4. The van der Waals surface area contributed by atoms with E-state index in [0.717, 1.165) is 6.42 Å². The molecule has 128 valence electrons. The normalized spacial score (nSPS) is 26.0. The molecule has 0 spiro atoms. The number of rotatable bonds is 4. The van der Waals surface area contributed by atoms with Gasteiger partial charge in [-0.2, -0.15) is 0 Å². The van der Waals surface area contributed by atoms with Crippen LogP contribution in [0.25, 0.3) is 0 Å². The van der Waals surface area contributed by atoms with Crippen LogP contribution < -0.4 is 5.73 Å². The van der Waals surface area contributed by atoms with Crippen LogP contribution in [0.4, 0.5) is 0 Å². The molecule has 0 aromatic heterocycles. The van der Waals surface area contributed by atoms with Gasteiger partial charge in [0.05, 0.1) is 0 Å². The third-order valence-corrected chi connectivity index (χ3v) is 4.23. The molecule has 0 radical (unpaired) electrons. The lowest BCUT2D eigenvalue weighted by atomic mass is 9.84. The minimum Gasteiger partial charge on any atom is -0.458 e. The summed E-state index contributed by atoms with van der Waals surface area (Å²) < 4.78 is 5.41. The van der Waals surface area contributed by atoms with Crippen molar-refractivity contribution in [2.75, 3.05) is 13.2 Å². The molecule has 1 aromatic carbocycles. The first kappa shape index (κ1) is 17.9. The van der Waals surface area contributed by atoms with E-state index >= 15 is 0 Å². The van der Waals surface area contributed by atoms with Crippen LogP contribution in [-0.4, -0.2) is 46.4 Å². The number of hydrogen-bond acceptors (Lipinski definition) is 5. The molecule has 1 aromatic rings. The minimum atomic E-state index is -1.43. The Bertz CT molecular complexity index is 527. The van der Waals surface area contributed by atoms with E-state index in [4.69, 9.17) is 10.5 Å². The predicted molar refractivity (Wildman–Crippen MR) is 89.7 cm³/mol. The molecule has 3 N–H and O–H groups in total. The van der Waals surface area contributed by atoms with E-state index in [1.165, 1.54) is 5.56 Å². The molecule has 0 amide bonds. The van der Waals surface area contributed by atoms with Crippen LogP contribution in [0.1, 0.15) is 39.2 Å². The summed E-state index contributed by atoms with van der Waals surface area (Å²) in [4.78, 5) is 14.5. The lowest BCUT2D eigenvalue weighted by molar-refractivity contribution is -0.184. The molecule has 2 rings (SSSR count). The highest BCUT2D eigenvalue weighted by Gasteiger charge is 2.45. The van der Waals surface area contributed by atoms with Gasteiger partial charge in [-0.3, -0.25) is 4.90 Å². The minimum absolute atomic E-state index is 0.0219. The number of nitrogens with zero attached hydrogens (tertiary/aromatic N) is 1. The van der Waals surface area contributed by atoms with E-state index in [-0.39, 0.29) is 6.04 Å². The second kappa shape index (κ2) is 6.99. The average Bonchev–Trinajstić information content (AvgIpc) is 2.47. The number of aliphatic hydroxyl groups is 1. The van der Waals surface area contributed by atoms with Crippen LogP contribution in [0.3, 0.4) is 0 Å². The number of piperidine rings is 1. The van der Waals surface area contributed by atoms with Crippen molar-refractivity contribution in [1.82, 2.24) is 4.90 Å². The molecule has 1 heterocycles. The van der Waals surface area contributed by atoms with E-state index in [9.17, 15) is 9.90 Å². The molecular weight excluding hydrogens is 292 g/mol. The molecular formula is C18H28N2O3. The zero-order valence-corrected chi connectivity index (χ0v) is 14.3. The van der Waals surface area contributed by atoms with E-state index in [1.54, 1.807) is 0 Å². The van der Waals surface area contributed by atoms with Gasteiger partial charge in [-0.15, -0.1) is 0 Å². The number of ether oxygens (including phenoxy) is 1. The first-order chi connectivity index (χ1) is 10.7. The number of hydrogen-bond donors (Lipinski definition) is 2. The van der Waals surface area contributed by atoms with Gasteiger partial charge in [-0.05, 0) is 39.2 Å². The largest absolute Gasteiger partial charge is 0.458 e. The van der Waals surface area contributed by atoms with Crippen molar-refractivity contribution in [2.24, 2.45) is 5.73 Å². The van der Waals surface area contributed by atoms with E-state index in [0.29, 0.717) is 26.1 Å².